The van der Waals surface area contributed by atoms with E-state index in [1.165, 1.54) is 5.56 Å². The lowest BCUT2D eigenvalue weighted by atomic mass is 10.0. The smallest absolute Gasteiger partial charge is 0.257 e. The lowest BCUT2D eigenvalue weighted by Gasteiger charge is -2.10. The van der Waals surface area contributed by atoms with Gasteiger partial charge in [0.2, 0.25) is 5.89 Å². The number of carbonyl (C=O) groups excluding carboxylic acids is 1. The first-order valence-electron chi connectivity index (χ1n) is 9.63. The van der Waals surface area contributed by atoms with Gasteiger partial charge in [-0.2, -0.15) is 0 Å². The molecule has 4 aromatic rings. The number of amides is 1. The van der Waals surface area contributed by atoms with Crippen molar-refractivity contribution in [2.75, 3.05) is 5.32 Å². The summed E-state index contributed by atoms with van der Waals surface area (Å²) in [6.45, 7) is 4.22. The Morgan fingerprint density at radius 2 is 1.87 bits per heavy atom. The van der Waals surface area contributed by atoms with Gasteiger partial charge in [-0.15, -0.1) is 0 Å². The van der Waals surface area contributed by atoms with Gasteiger partial charge in [-0.1, -0.05) is 26.0 Å². The molecule has 0 aliphatic carbocycles. The molecule has 0 aliphatic heterocycles. The van der Waals surface area contributed by atoms with Crippen LogP contribution < -0.4 is 10.6 Å². The molecule has 0 fully saturated rings. The minimum atomic E-state index is -0.264. The van der Waals surface area contributed by atoms with Crippen LogP contribution in [0.5, 0.6) is 0 Å². The largest absolute Gasteiger partial charge is 0.436 e. The average molecular weight is 495 g/mol. The van der Waals surface area contributed by atoms with E-state index < -0.39 is 0 Å². The lowest BCUT2D eigenvalue weighted by Crippen LogP contribution is -2.34. The molecule has 4 rings (SSSR count). The zero-order chi connectivity index (χ0) is 22.0. The Morgan fingerprint density at radius 1 is 1.10 bits per heavy atom. The Labute approximate surface area is 193 Å². The van der Waals surface area contributed by atoms with Gasteiger partial charge in [0.1, 0.15) is 5.52 Å². The van der Waals surface area contributed by atoms with Crippen molar-refractivity contribution in [3.8, 4) is 11.5 Å². The summed E-state index contributed by atoms with van der Waals surface area (Å²) in [5, 5.41) is 5.93. The highest BCUT2D eigenvalue weighted by Gasteiger charge is 2.12. The molecule has 2 heterocycles. The van der Waals surface area contributed by atoms with E-state index in [1.807, 2.05) is 30.3 Å². The normalized spacial score (nSPS) is 11.0. The summed E-state index contributed by atoms with van der Waals surface area (Å²) in [6.07, 6.45) is 3.38. The van der Waals surface area contributed by atoms with Crippen molar-refractivity contribution in [2.45, 2.75) is 19.8 Å². The Balaban J connectivity index is 1.45. The SMILES string of the molecule is CC(C)c1ccc(C(=O)NC(=S)Nc2ccc3oc(-c4cncc(Br)c4)nc3c2)cc1. The maximum Gasteiger partial charge on any atom is 0.257 e. The maximum atomic E-state index is 12.5. The van der Waals surface area contributed by atoms with Gasteiger partial charge in [0.25, 0.3) is 5.91 Å². The highest BCUT2D eigenvalue weighted by atomic mass is 79.9. The number of oxazole rings is 1. The predicted molar refractivity (Wildman–Crippen MR) is 129 cm³/mol. The van der Waals surface area contributed by atoms with Crippen molar-refractivity contribution in [2.24, 2.45) is 0 Å². The number of hydrogen-bond acceptors (Lipinski definition) is 5. The summed E-state index contributed by atoms with van der Waals surface area (Å²) in [5.41, 5.74) is 4.49. The van der Waals surface area contributed by atoms with E-state index in [9.17, 15) is 4.79 Å². The molecule has 2 aromatic heterocycles. The first kappa shape index (κ1) is 21.1. The fourth-order valence-corrected chi connectivity index (χ4v) is 3.59. The molecule has 0 saturated heterocycles. The van der Waals surface area contributed by atoms with E-state index in [1.54, 1.807) is 30.6 Å². The molecule has 1 amide bonds. The van der Waals surface area contributed by atoms with E-state index >= 15 is 0 Å². The Kier molecular flexibility index (Phi) is 6.11. The van der Waals surface area contributed by atoms with Gasteiger partial charge in [0, 0.05) is 28.1 Å². The predicted octanol–water partition coefficient (Wildman–Crippen LogP) is 5.90. The fraction of sp³-hybridized carbons (Fsp3) is 0.130. The molecule has 0 atom stereocenters. The third kappa shape index (κ3) is 4.98. The molecule has 6 nitrogen and oxygen atoms in total. The number of rotatable bonds is 4. The zero-order valence-electron chi connectivity index (χ0n) is 16.8. The van der Waals surface area contributed by atoms with Crippen molar-refractivity contribution in [1.82, 2.24) is 15.3 Å². The molecule has 0 radical (unpaired) electrons. The molecule has 2 N–H and O–H groups in total. The summed E-state index contributed by atoms with van der Waals surface area (Å²) >= 11 is 8.70. The first-order valence-corrected chi connectivity index (χ1v) is 10.8. The van der Waals surface area contributed by atoms with Crippen molar-refractivity contribution in [3.05, 3.63) is 76.5 Å². The minimum Gasteiger partial charge on any atom is -0.436 e. The Hall–Kier alpha value is -3.10. The van der Waals surface area contributed by atoms with Gasteiger partial charge in [-0.3, -0.25) is 15.1 Å². The molecule has 2 aromatic carbocycles. The van der Waals surface area contributed by atoms with E-state index in [4.69, 9.17) is 16.6 Å². The quantitative estimate of drug-likeness (QED) is 0.343. The number of pyridine rings is 1. The molecule has 0 aliphatic rings. The highest BCUT2D eigenvalue weighted by Crippen LogP contribution is 2.27. The van der Waals surface area contributed by atoms with E-state index in [0.29, 0.717) is 34.2 Å². The minimum absolute atomic E-state index is 0.206. The number of fused-ring (bicyclic) bond motifs is 1. The number of benzene rings is 2. The topological polar surface area (TPSA) is 80.0 Å². The number of thiocarbonyl (C=S) groups is 1. The van der Waals surface area contributed by atoms with Crippen LogP contribution in [0.4, 0.5) is 5.69 Å². The number of carbonyl (C=O) groups is 1. The standard InChI is InChI=1S/C23H19BrN4O2S/c1-13(2)14-3-5-15(6-4-14)21(29)28-23(31)26-18-7-8-20-19(10-18)27-22(30-20)16-9-17(24)12-25-11-16/h3-13H,1-2H3,(H2,26,28,29,31). The molecule has 8 heteroatoms. The molecular formula is C23H19BrN4O2S. The number of nitrogens with zero attached hydrogens (tertiary/aromatic N) is 2. The zero-order valence-corrected chi connectivity index (χ0v) is 19.3. The van der Waals surface area contributed by atoms with Crippen LogP contribution in [0.15, 0.2) is 69.8 Å². The van der Waals surface area contributed by atoms with Gasteiger partial charge in [0.05, 0.1) is 5.56 Å². The molecular weight excluding hydrogens is 476 g/mol. The molecule has 31 heavy (non-hydrogen) atoms. The fourth-order valence-electron chi connectivity index (χ4n) is 3.01. The highest BCUT2D eigenvalue weighted by molar-refractivity contribution is 9.10. The van der Waals surface area contributed by atoms with Crippen molar-refractivity contribution in [3.63, 3.8) is 0 Å². The van der Waals surface area contributed by atoms with Crippen LogP contribution in [-0.2, 0) is 0 Å². The van der Waals surface area contributed by atoms with Gasteiger partial charge in [-0.25, -0.2) is 4.98 Å². The van der Waals surface area contributed by atoms with Gasteiger partial charge >= 0.3 is 0 Å². The van der Waals surface area contributed by atoms with Crippen LogP contribution in [-0.4, -0.2) is 21.0 Å². The monoisotopic (exact) mass is 494 g/mol. The molecule has 0 saturated carbocycles. The van der Waals surface area contributed by atoms with Crippen LogP contribution in [0.1, 0.15) is 35.7 Å². The summed E-state index contributed by atoms with van der Waals surface area (Å²) in [7, 11) is 0. The van der Waals surface area contributed by atoms with Crippen LogP contribution in [0.2, 0.25) is 0 Å². The van der Waals surface area contributed by atoms with Gasteiger partial charge in [-0.05, 0) is 76.0 Å². The Bertz CT molecular complexity index is 1270. The third-order valence-corrected chi connectivity index (χ3v) is 5.30. The van der Waals surface area contributed by atoms with Gasteiger partial charge < -0.3 is 9.73 Å². The van der Waals surface area contributed by atoms with Crippen molar-refractivity contribution < 1.29 is 9.21 Å². The van der Waals surface area contributed by atoms with E-state index in [-0.39, 0.29) is 11.0 Å². The average Bonchev–Trinajstić information content (AvgIpc) is 3.17. The second-order valence-corrected chi connectivity index (χ2v) is 8.60. The summed E-state index contributed by atoms with van der Waals surface area (Å²) < 4.78 is 6.66. The lowest BCUT2D eigenvalue weighted by molar-refractivity contribution is 0.0977. The Morgan fingerprint density at radius 3 is 2.58 bits per heavy atom. The molecule has 0 unspecified atom stereocenters. The second kappa shape index (κ2) is 8.95. The molecule has 0 bridgehead atoms. The van der Waals surface area contributed by atoms with E-state index in [0.717, 1.165) is 10.0 Å². The summed E-state index contributed by atoms with van der Waals surface area (Å²) in [6, 6.07) is 14.8. The summed E-state index contributed by atoms with van der Waals surface area (Å²) in [5.74, 6) is 0.618. The second-order valence-electron chi connectivity index (χ2n) is 7.28. The number of halogens is 1. The third-order valence-electron chi connectivity index (χ3n) is 4.66. The number of nitrogens with one attached hydrogen (secondary N) is 2. The van der Waals surface area contributed by atoms with Crippen LogP contribution in [0.25, 0.3) is 22.6 Å². The van der Waals surface area contributed by atoms with Gasteiger partial charge in [0.15, 0.2) is 10.7 Å². The van der Waals surface area contributed by atoms with E-state index in [2.05, 4.69) is 50.4 Å². The number of hydrogen-bond donors (Lipinski definition) is 2. The first-order chi connectivity index (χ1) is 14.9. The number of anilines is 1. The van der Waals surface area contributed by atoms with Crippen LogP contribution in [0.3, 0.4) is 0 Å². The number of aromatic nitrogens is 2. The molecule has 156 valence electrons. The molecule has 0 spiro atoms. The van der Waals surface area contributed by atoms with Crippen LogP contribution in [0, 0.1) is 0 Å². The van der Waals surface area contributed by atoms with Crippen LogP contribution >= 0.6 is 28.1 Å². The van der Waals surface area contributed by atoms with Crippen molar-refractivity contribution >= 4 is 56.0 Å². The van der Waals surface area contributed by atoms with Crippen molar-refractivity contribution in [1.29, 1.82) is 0 Å². The maximum absolute atomic E-state index is 12.5. The summed E-state index contributed by atoms with van der Waals surface area (Å²) in [4.78, 5) is 21.1.